The first-order chi connectivity index (χ1) is 17.1. The highest BCUT2D eigenvalue weighted by molar-refractivity contribution is 7.93. The van der Waals surface area contributed by atoms with Crippen LogP contribution in [0.15, 0.2) is 64.2 Å². The standard InChI is InChI=1S/C27H26N2O6S/c1-6-34-27(31)24-19(5)35-23-8-7-21(15-22(23)24)29(26(30)20-9-11-28-12-10-20)36(32,33)25-17(3)13-16(2)14-18(25)4/h7-15H,6H2,1-5H3. The van der Waals surface area contributed by atoms with E-state index in [0.717, 1.165) is 9.87 Å². The van der Waals surface area contributed by atoms with Gasteiger partial charge in [-0.1, -0.05) is 17.7 Å². The van der Waals surface area contributed by atoms with E-state index in [4.69, 9.17) is 9.15 Å². The van der Waals surface area contributed by atoms with Gasteiger partial charge in [-0.3, -0.25) is 9.78 Å². The van der Waals surface area contributed by atoms with E-state index >= 15 is 0 Å². The van der Waals surface area contributed by atoms with Gasteiger partial charge in [0.15, 0.2) is 0 Å². The molecule has 0 N–H and O–H groups in total. The minimum Gasteiger partial charge on any atom is -0.462 e. The number of esters is 1. The highest BCUT2D eigenvalue weighted by Crippen LogP contribution is 2.35. The molecule has 0 unspecified atom stereocenters. The van der Waals surface area contributed by atoms with Gasteiger partial charge in [0.2, 0.25) is 0 Å². The predicted molar refractivity (Wildman–Crippen MR) is 136 cm³/mol. The lowest BCUT2D eigenvalue weighted by Gasteiger charge is -2.25. The highest BCUT2D eigenvalue weighted by atomic mass is 32.2. The summed E-state index contributed by atoms with van der Waals surface area (Å²) in [6.45, 7) is 8.75. The second-order valence-electron chi connectivity index (χ2n) is 8.47. The van der Waals surface area contributed by atoms with Gasteiger partial charge in [-0.15, -0.1) is 0 Å². The van der Waals surface area contributed by atoms with E-state index in [1.807, 2.05) is 6.92 Å². The van der Waals surface area contributed by atoms with Crippen LogP contribution in [-0.4, -0.2) is 31.9 Å². The molecule has 0 saturated carbocycles. The molecule has 0 radical (unpaired) electrons. The zero-order valence-electron chi connectivity index (χ0n) is 20.7. The largest absolute Gasteiger partial charge is 0.462 e. The van der Waals surface area contributed by atoms with Crippen molar-refractivity contribution in [3.63, 3.8) is 0 Å². The number of furan rings is 1. The van der Waals surface area contributed by atoms with Crippen LogP contribution < -0.4 is 4.31 Å². The first kappa shape index (κ1) is 25.1. The van der Waals surface area contributed by atoms with E-state index in [2.05, 4.69) is 4.98 Å². The molecule has 2 aromatic heterocycles. The van der Waals surface area contributed by atoms with Gasteiger partial charge in [-0.2, -0.15) is 4.31 Å². The van der Waals surface area contributed by atoms with Gasteiger partial charge < -0.3 is 9.15 Å². The third kappa shape index (κ3) is 4.37. The van der Waals surface area contributed by atoms with Gasteiger partial charge in [0.05, 0.1) is 17.2 Å². The third-order valence-electron chi connectivity index (χ3n) is 5.78. The maximum atomic E-state index is 14.1. The zero-order chi connectivity index (χ0) is 26.2. The number of amides is 1. The van der Waals surface area contributed by atoms with Crippen molar-refractivity contribution in [3.05, 3.63) is 88.4 Å². The van der Waals surface area contributed by atoms with Crippen LogP contribution in [0.5, 0.6) is 0 Å². The monoisotopic (exact) mass is 506 g/mol. The predicted octanol–water partition coefficient (Wildman–Crippen LogP) is 5.27. The summed E-state index contributed by atoms with van der Waals surface area (Å²) in [7, 11) is -4.37. The maximum Gasteiger partial charge on any atom is 0.342 e. The van der Waals surface area contributed by atoms with Gasteiger partial charge >= 0.3 is 5.97 Å². The summed E-state index contributed by atoms with van der Waals surface area (Å²) in [5, 5.41) is 0.350. The molecule has 0 aliphatic rings. The van der Waals surface area contributed by atoms with Crippen LogP contribution in [-0.2, 0) is 14.8 Å². The molecule has 0 atom stereocenters. The van der Waals surface area contributed by atoms with Crippen molar-refractivity contribution in [2.75, 3.05) is 10.9 Å². The first-order valence-corrected chi connectivity index (χ1v) is 12.8. The minimum atomic E-state index is -4.37. The molecule has 0 aliphatic heterocycles. The van der Waals surface area contributed by atoms with Gasteiger partial charge in [0.1, 0.15) is 16.9 Å². The number of aryl methyl sites for hydroxylation is 4. The van der Waals surface area contributed by atoms with Gasteiger partial charge in [-0.05, 0) is 76.1 Å². The van der Waals surface area contributed by atoms with E-state index < -0.39 is 21.9 Å². The average Bonchev–Trinajstić information content (AvgIpc) is 3.14. The van der Waals surface area contributed by atoms with Crippen molar-refractivity contribution in [2.45, 2.75) is 39.5 Å². The van der Waals surface area contributed by atoms with E-state index in [-0.39, 0.29) is 28.3 Å². The van der Waals surface area contributed by atoms with Crippen molar-refractivity contribution < 1.29 is 27.2 Å². The fraction of sp³-hybridized carbons (Fsp3) is 0.222. The summed E-state index contributed by atoms with van der Waals surface area (Å²) in [5.74, 6) is -1.01. The normalized spacial score (nSPS) is 11.5. The van der Waals surface area contributed by atoms with Crippen LogP contribution in [0.25, 0.3) is 11.0 Å². The summed E-state index contributed by atoms with van der Waals surface area (Å²) >= 11 is 0. The number of sulfonamides is 1. The number of anilines is 1. The van der Waals surface area contributed by atoms with E-state index in [1.165, 1.54) is 42.7 Å². The Balaban J connectivity index is 1.99. The Morgan fingerprint density at radius 3 is 2.22 bits per heavy atom. The number of carbonyl (C=O) groups is 2. The van der Waals surface area contributed by atoms with Crippen LogP contribution in [0.2, 0.25) is 0 Å². The van der Waals surface area contributed by atoms with E-state index in [9.17, 15) is 18.0 Å². The molecule has 4 rings (SSSR count). The number of rotatable bonds is 6. The smallest absolute Gasteiger partial charge is 0.342 e. The molecule has 0 spiro atoms. The Morgan fingerprint density at radius 1 is 0.972 bits per heavy atom. The van der Waals surface area contributed by atoms with Crippen molar-refractivity contribution in [3.8, 4) is 0 Å². The Kier molecular flexibility index (Phi) is 6.69. The van der Waals surface area contributed by atoms with Crippen LogP contribution in [0.3, 0.4) is 0 Å². The van der Waals surface area contributed by atoms with Crippen LogP contribution in [0.1, 0.15) is 50.1 Å². The number of hydrogen-bond donors (Lipinski definition) is 0. The number of aromatic nitrogens is 1. The van der Waals surface area contributed by atoms with Gasteiger partial charge in [0, 0.05) is 23.3 Å². The summed E-state index contributed by atoms with van der Waals surface area (Å²) in [6, 6.07) is 10.9. The van der Waals surface area contributed by atoms with Crippen LogP contribution in [0.4, 0.5) is 5.69 Å². The number of ether oxygens (including phenoxy) is 1. The molecule has 36 heavy (non-hydrogen) atoms. The molecule has 0 bridgehead atoms. The molecule has 186 valence electrons. The fourth-order valence-electron chi connectivity index (χ4n) is 4.43. The Labute approximate surface area is 209 Å². The Bertz CT molecular complexity index is 1570. The van der Waals surface area contributed by atoms with Crippen LogP contribution in [0, 0.1) is 27.7 Å². The van der Waals surface area contributed by atoms with Gasteiger partial charge in [-0.25, -0.2) is 13.2 Å². The van der Waals surface area contributed by atoms with Gasteiger partial charge in [0.25, 0.3) is 15.9 Å². The molecule has 8 nitrogen and oxygen atoms in total. The lowest BCUT2D eigenvalue weighted by molar-refractivity contribution is 0.0526. The molecule has 2 heterocycles. The van der Waals surface area contributed by atoms with E-state index in [0.29, 0.717) is 27.9 Å². The van der Waals surface area contributed by atoms with Crippen molar-refractivity contribution in [1.29, 1.82) is 0 Å². The van der Waals surface area contributed by atoms with E-state index in [1.54, 1.807) is 39.8 Å². The second kappa shape index (κ2) is 9.58. The maximum absolute atomic E-state index is 14.1. The SMILES string of the molecule is CCOC(=O)c1c(C)oc2ccc(N(C(=O)c3ccncc3)S(=O)(=O)c3c(C)cc(C)cc3C)cc12. The minimum absolute atomic E-state index is 0.0459. The Hall–Kier alpha value is -3.98. The summed E-state index contributed by atoms with van der Waals surface area (Å²) in [6.07, 6.45) is 2.84. The number of hydrogen-bond acceptors (Lipinski definition) is 7. The molecule has 2 aromatic carbocycles. The number of fused-ring (bicyclic) bond motifs is 1. The van der Waals surface area contributed by atoms with Crippen molar-refractivity contribution >= 4 is 38.6 Å². The molecule has 0 aliphatic carbocycles. The summed E-state index contributed by atoms with van der Waals surface area (Å²) in [5.41, 5.74) is 2.71. The van der Waals surface area contributed by atoms with Crippen molar-refractivity contribution in [2.24, 2.45) is 0 Å². The molecular formula is C27H26N2O6S. The molecule has 0 fully saturated rings. The van der Waals surface area contributed by atoms with Crippen molar-refractivity contribution in [1.82, 2.24) is 4.98 Å². The molecule has 4 aromatic rings. The van der Waals surface area contributed by atoms with Crippen LogP contribution >= 0.6 is 0 Å². The lowest BCUT2D eigenvalue weighted by atomic mass is 10.1. The highest BCUT2D eigenvalue weighted by Gasteiger charge is 2.35. The molecule has 9 heteroatoms. The number of carbonyl (C=O) groups excluding carboxylic acids is 2. The number of benzene rings is 2. The Morgan fingerprint density at radius 2 is 1.61 bits per heavy atom. The molecule has 1 amide bonds. The summed E-state index contributed by atoms with van der Waals surface area (Å²) in [4.78, 5) is 30.3. The topological polar surface area (TPSA) is 107 Å². The molecular weight excluding hydrogens is 480 g/mol. The lowest BCUT2D eigenvalue weighted by Crippen LogP contribution is -2.37. The number of pyridine rings is 1. The first-order valence-electron chi connectivity index (χ1n) is 11.3. The average molecular weight is 507 g/mol. The molecule has 0 saturated heterocycles. The quantitative estimate of drug-likeness (QED) is 0.328. The number of nitrogens with zero attached hydrogens (tertiary/aromatic N) is 2. The zero-order valence-corrected chi connectivity index (χ0v) is 21.5. The summed E-state index contributed by atoms with van der Waals surface area (Å²) < 4.78 is 39.9. The third-order valence-corrected chi connectivity index (χ3v) is 7.79. The fourth-order valence-corrected chi connectivity index (χ4v) is 6.26. The second-order valence-corrected chi connectivity index (χ2v) is 10.2.